The molecule has 1 aliphatic heterocycles. The summed E-state index contributed by atoms with van der Waals surface area (Å²) in [5.74, 6) is 1.15. The van der Waals surface area contributed by atoms with Crippen molar-refractivity contribution in [2.75, 3.05) is 39.2 Å². The smallest absolute Gasteiger partial charge is 0.161 e. The van der Waals surface area contributed by atoms with E-state index in [1.807, 2.05) is 47.4 Å². The van der Waals surface area contributed by atoms with Crippen LogP contribution in [0.4, 0.5) is 10.1 Å². The van der Waals surface area contributed by atoms with Crippen molar-refractivity contribution in [3.8, 4) is 34.3 Å². The van der Waals surface area contributed by atoms with Crippen LogP contribution in [0.25, 0.3) is 33.6 Å². The lowest BCUT2D eigenvalue weighted by Gasteiger charge is -2.20. The third-order valence-corrected chi connectivity index (χ3v) is 6.59. The number of hydrogen-bond donors (Lipinski definition) is 1. The van der Waals surface area contributed by atoms with E-state index in [1.165, 1.54) is 0 Å². The van der Waals surface area contributed by atoms with Gasteiger partial charge < -0.3 is 19.2 Å². The van der Waals surface area contributed by atoms with Crippen molar-refractivity contribution < 1.29 is 18.7 Å². The zero-order valence-corrected chi connectivity index (χ0v) is 20.4. The number of ether oxygens (including phenoxy) is 1. The molecule has 1 saturated heterocycles. The van der Waals surface area contributed by atoms with Crippen LogP contribution in [0.2, 0.25) is 0 Å². The van der Waals surface area contributed by atoms with Crippen LogP contribution in [0.3, 0.4) is 0 Å². The summed E-state index contributed by atoms with van der Waals surface area (Å²) < 4.78 is 25.6. The lowest BCUT2D eigenvalue weighted by atomic mass is 10.0. The van der Waals surface area contributed by atoms with Gasteiger partial charge in [-0.3, -0.25) is 9.88 Å². The lowest BCUT2D eigenvalue weighted by Crippen LogP contribution is -2.20. The molecule has 0 bridgehead atoms. The fourth-order valence-corrected chi connectivity index (χ4v) is 4.67. The number of fused-ring (bicyclic) bond motifs is 1. The second kappa shape index (κ2) is 9.61. The first-order chi connectivity index (χ1) is 17.4. The molecule has 8 heteroatoms. The summed E-state index contributed by atoms with van der Waals surface area (Å²) >= 11 is 0. The monoisotopic (exact) mass is 486 g/mol. The van der Waals surface area contributed by atoms with E-state index in [0.29, 0.717) is 53.2 Å². The van der Waals surface area contributed by atoms with Crippen molar-refractivity contribution in [2.45, 2.75) is 18.8 Å². The number of furan rings is 1. The van der Waals surface area contributed by atoms with Crippen LogP contribution in [-0.2, 0) is 0 Å². The summed E-state index contributed by atoms with van der Waals surface area (Å²) in [7, 11) is 5.17. The highest BCUT2D eigenvalue weighted by molar-refractivity contribution is 5.93. The minimum Gasteiger partial charge on any atom is -0.496 e. The van der Waals surface area contributed by atoms with Gasteiger partial charge in [0.2, 0.25) is 0 Å². The first kappa shape index (κ1) is 23.8. The van der Waals surface area contributed by atoms with E-state index in [2.05, 4.69) is 11.1 Å². The number of halogens is 1. The molecule has 2 aromatic heterocycles. The number of benzene rings is 2. The molecule has 0 saturated carbocycles. The van der Waals surface area contributed by atoms with Crippen LogP contribution in [0.15, 0.2) is 59.1 Å². The Balaban J connectivity index is 1.55. The normalized spacial score (nSPS) is 16.5. The van der Waals surface area contributed by atoms with E-state index in [4.69, 9.17) is 9.15 Å². The Labute approximate surface area is 209 Å². The molecule has 5 rings (SSSR count). The SMILES string of the molecule is COc1cc(C(O)N(C)C)ccc1-c1cc2nccc(-c3ccc(N4CC[C@@H](F)C4)c(C#N)c3)c2o1. The molecule has 0 amide bonds. The van der Waals surface area contributed by atoms with E-state index < -0.39 is 12.4 Å². The van der Waals surface area contributed by atoms with Gasteiger partial charge in [-0.05, 0) is 62.0 Å². The third kappa shape index (κ3) is 4.28. The van der Waals surface area contributed by atoms with Crippen LogP contribution >= 0.6 is 0 Å². The van der Waals surface area contributed by atoms with E-state index >= 15 is 0 Å². The number of nitriles is 1. The standard InChI is InChI=1S/C28H27FN4O3/c1-32(2)28(34)18-4-6-22(25(13-18)35-3)26-14-23-27(36-26)21(8-10-31-23)17-5-7-24(19(12-17)15-30)33-11-9-20(29)16-33/h4-8,10,12-14,20,28,34H,9,11,16H2,1-3H3/t20-,28?/m1/s1. The van der Waals surface area contributed by atoms with Crippen LogP contribution in [0.1, 0.15) is 23.8 Å². The Morgan fingerprint density at radius 3 is 2.72 bits per heavy atom. The topological polar surface area (TPSA) is 85.8 Å². The van der Waals surface area contributed by atoms with Crippen LogP contribution in [-0.4, -0.2) is 55.5 Å². The van der Waals surface area contributed by atoms with Crippen LogP contribution in [0.5, 0.6) is 5.75 Å². The summed E-state index contributed by atoms with van der Waals surface area (Å²) in [5.41, 5.74) is 5.56. The summed E-state index contributed by atoms with van der Waals surface area (Å²) in [6.07, 6.45) is 0.560. The number of anilines is 1. The van der Waals surface area contributed by atoms with Crippen molar-refractivity contribution in [1.29, 1.82) is 5.26 Å². The van der Waals surface area contributed by atoms with Crippen molar-refractivity contribution in [2.24, 2.45) is 0 Å². The van der Waals surface area contributed by atoms with E-state index in [-0.39, 0.29) is 0 Å². The zero-order chi connectivity index (χ0) is 25.4. The van der Waals surface area contributed by atoms with E-state index in [1.54, 1.807) is 38.4 Å². The highest BCUT2D eigenvalue weighted by Crippen LogP contribution is 2.39. The van der Waals surface area contributed by atoms with E-state index in [0.717, 1.165) is 22.4 Å². The average Bonchev–Trinajstić information content (AvgIpc) is 3.53. The molecule has 184 valence electrons. The van der Waals surface area contributed by atoms with Crippen molar-refractivity contribution in [3.63, 3.8) is 0 Å². The predicted molar refractivity (Wildman–Crippen MR) is 137 cm³/mol. The van der Waals surface area contributed by atoms with Crippen LogP contribution in [0, 0.1) is 11.3 Å². The van der Waals surface area contributed by atoms with Gasteiger partial charge in [-0.25, -0.2) is 4.39 Å². The van der Waals surface area contributed by atoms with Gasteiger partial charge in [0.15, 0.2) is 5.58 Å². The largest absolute Gasteiger partial charge is 0.496 e. The van der Waals surface area contributed by atoms with Gasteiger partial charge in [0.05, 0.1) is 23.9 Å². The first-order valence-corrected chi connectivity index (χ1v) is 11.7. The fourth-order valence-electron chi connectivity index (χ4n) is 4.67. The highest BCUT2D eigenvalue weighted by Gasteiger charge is 2.24. The molecule has 0 aliphatic carbocycles. The summed E-state index contributed by atoms with van der Waals surface area (Å²) in [6.45, 7) is 0.906. The summed E-state index contributed by atoms with van der Waals surface area (Å²) in [5, 5.41) is 20.2. The maximum absolute atomic E-state index is 13.7. The Bertz CT molecular complexity index is 1460. The number of pyridine rings is 1. The number of alkyl halides is 1. The number of aromatic nitrogens is 1. The Kier molecular flexibility index (Phi) is 6.35. The lowest BCUT2D eigenvalue weighted by molar-refractivity contribution is 0.0394. The Morgan fingerprint density at radius 2 is 2.03 bits per heavy atom. The molecule has 1 fully saturated rings. The van der Waals surface area contributed by atoms with Gasteiger partial charge in [-0.2, -0.15) is 5.26 Å². The molecule has 36 heavy (non-hydrogen) atoms. The molecule has 1 unspecified atom stereocenters. The molecule has 0 spiro atoms. The Morgan fingerprint density at radius 1 is 1.19 bits per heavy atom. The molecule has 1 aliphatic rings. The number of rotatable bonds is 6. The fraction of sp³-hybridized carbons (Fsp3) is 0.286. The third-order valence-electron chi connectivity index (χ3n) is 6.59. The average molecular weight is 487 g/mol. The van der Waals surface area contributed by atoms with Crippen molar-refractivity contribution in [1.82, 2.24) is 9.88 Å². The predicted octanol–water partition coefficient (Wildman–Crippen LogP) is 5.14. The number of nitrogens with zero attached hydrogens (tertiary/aromatic N) is 4. The number of aliphatic hydroxyl groups is 1. The number of methoxy groups -OCH3 is 1. The van der Waals surface area contributed by atoms with Crippen molar-refractivity contribution in [3.05, 3.63) is 65.9 Å². The van der Waals surface area contributed by atoms with Crippen LogP contribution < -0.4 is 9.64 Å². The van der Waals surface area contributed by atoms with Gasteiger partial charge in [0.25, 0.3) is 0 Å². The van der Waals surface area contributed by atoms with Crippen molar-refractivity contribution >= 4 is 16.8 Å². The molecule has 2 atom stereocenters. The minimum atomic E-state index is -0.866. The first-order valence-electron chi connectivity index (χ1n) is 11.7. The second-order valence-corrected chi connectivity index (χ2v) is 9.16. The van der Waals surface area contributed by atoms with E-state index in [9.17, 15) is 14.8 Å². The number of aliphatic hydroxyl groups excluding tert-OH is 1. The highest BCUT2D eigenvalue weighted by atomic mass is 19.1. The minimum absolute atomic E-state index is 0.307. The molecule has 3 heterocycles. The summed E-state index contributed by atoms with van der Waals surface area (Å²) in [4.78, 5) is 8.09. The molecular weight excluding hydrogens is 459 g/mol. The molecular formula is C28H27FN4O3. The quantitative estimate of drug-likeness (QED) is 0.378. The van der Waals surface area contributed by atoms with Gasteiger partial charge >= 0.3 is 0 Å². The molecule has 7 nitrogen and oxygen atoms in total. The second-order valence-electron chi connectivity index (χ2n) is 9.16. The Hall–Kier alpha value is -3.93. The maximum Gasteiger partial charge on any atom is 0.161 e. The van der Waals surface area contributed by atoms with Gasteiger partial charge in [-0.15, -0.1) is 0 Å². The number of hydrogen-bond acceptors (Lipinski definition) is 7. The van der Waals surface area contributed by atoms with Gasteiger partial charge in [0.1, 0.15) is 35.5 Å². The summed E-state index contributed by atoms with van der Waals surface area (Å²) in [6, 6.07) is 17.1. The zero-order valence-electron chi connectivity index (χ0n) is 20.4. The van der Waals surface area contributed by atoms with Gasteiger partial charge in [-0.1, -0.05) is 12.1 Å². The molecule has 0 radical (unpaired) electrons. The van der Waals surface area contributed by atoms with Gasteiger partial charge in [0, 0.05) is 30.9 Å². The molecule has 2 aromatic carbocycles. The maximum atomic E-state index is 13.7. The molecule has 4 aromatic rings. The molecule has 1 N–H and O–H groups in total.